The molecule has 154 valence electrons. The molecule has 0 saturated heterocycles. The lowest BCUT2D eigenvalue weighted by molar-refractivity contribution is -0.121. The quantitative estimate of drug-likeness (QED) is 0.601. The molecule has 0 radical (unpaired) electrons. The Bertz CT molecular complexity index is 1040. The van der Waals surface area contributed by atoms with Crippen molar-refractivity contribution in [3.8, 4) is 5.75 Å². The summed E-state index contributed by atoms with van der Waals surface area (Å²) >= 11 is 0. The Hall–Kier alpha value is -3.06. The maximum Gasteiger partial charge on any atom is 0.329 e. The van der Waals surface area contributed by atoms with Crippen molar-refractivity contribution in [3.63, 3.8) is 0 Å². The number of aryl methyl sites for hydroxylation is 1. The van der Waals surface area contributed by atoms with E-state index in [1.165, 1.54) is 4.57 Å². The monoisotopic (exact) mass is 396 g/mol. The molecule has 0 saturated carbocycles. The predicted octanol–water partition coefficient (Wildman–Crippen LogP) is 2.08. The molecule has 0 aliphatic carbocycles. The van der Waals surface area contributed by atoms with Crippen LogP contribution < -0.4 is 15.7 Å². The molecule has 0 unspecified atom stereocenters. The maximum absolute atomic E-state index is 12.6. The summed E-state index contributed by atoms with van der Waals surface area (Å²) in [6.07, 6.45) is 0. The van der Waals surface area contributed by atoms with E-state index in [2.05, 4.69) is 10.2 Å². The number of hydrogen-bond acceptors (Lipinski definition) is 4. The average Bonchev–Trinajstić information content (AvgIpc) is 2.97. The van der Waals surface area contributed by atoms with E-state index >= 15 is 0 Å². The summed E-state index contributed by atoms with van der Waals surface area (Å²) in [5.41, 5.74) is 2.39. The number of fused-ring (bicyclic) bond motifs is 1. The standard InChI is InChI=1S/C22H28N4O3/c1-4-25-19-10-5-6-11-20(19)26(22(25)28)16-21(27)23-15-17-8-7-9-18(14-17)29-13-12-24(2)3/h5-11,14H,4,12-13,15-16H2,1-3H3,(H,23,27). The summed E-state index contributed by atoms with van der Waals surface area (Å²) in [4.78, 5) is 27.2. The van der Waals surface area contributed by atoms with Gasteiger partial charge in [-0.2, -0.15) is 0 Å². The first-order valence-electron chi connectivity index (χ1n) is 9.81. The van der Waals surface area contributed by atoms with E-state index in [4.69, 9.17) is 4.74 Å². The number of ether oxygens (including phenoxy) is 1. The van der Waals surface area contributed by atoms with E-state index in [1.807, 2.05) is 69.6 Å². The summed E-state index contributed by atoms with van der Waals surface area (Å²) < 4.78 is 8.94. The Labute approximate surface area is 170 Å². The van der Waals surface area contributed by atoms with Gasteiger partial charge in [-0.1, -0.05) is 24.3 Å². The van der Waals surface area contributed by atoms with Gasteiger partial charge in [0.05, 0.1) is 11.0 Å². The minimum atomic E-state index is -0.204. The van der Waals surface area contributed by atoms with Crippen LogP contribution in [0, 0.1) is 0 Å². The average molecular weight is 396 g/mol. The Kier molecular flexibility index (Phi) is 6.72. The van der Waals surface area contributed by atoms with E-state index in [0.29, 0.717) is 19.7 Å². The molecule has 0 atom stereocenters. The largest absolute Gasteiger partial charge is 0.492 e. The normalized spacial score (nSPS) is 11.2. The minimum Gasteiger partial charge on any atom is -0.492 e. The Morgan fingerprint density at radius 2 is 1.79 bits per heavy atom. The molecular formula is C22H28N4O3. The van der Waals surface area contributed by atoms with Crippen LogP contribution in [-0.4, -0.2) is 47.2 Å². The molecular weight excluding hydrogens is 368 g/mol. The Morgan fingerprint density at radius 3 is 2.48 bits per heavy atom. The van der Waals surface area contributed by atoms with Gasteiger partial charge >= 0.3 is 5.69 Å². The summed E-state index contributed by atoms with van der Waals surface area (Å²) in [5, 5.41) is 2.90. The molecule has 29 heavy (non-hydrogen) atoms. The zero-order chi connectivity index (χ0) is 20.8. The number of carbonyl (C=O) groups excluding carboxylic acids is 1. The first-order valence-corrected chi connectivity index (χ1v) is 9.81. The molecule has 7 heteroatoms. The smallest absolute Gasteiger partial charge is 0.329 e. The van der Waals surface area contributed by atoms with Gasteiger partial charge in [-0.05, 0) is 50.8 Å². The van der Waals surface area contributed by atoms with Crippen molar-refractivity contribution in [2.24, 2.45) is 0 Å². The molecule has 7 nitrogen and oxygen atoms in total. The summed E-state index contributed by atoms with van der Waals surface area (Å²) in [6, 6.07) is 15.2. The van der Waals surface area contributed by atoms with Crippen molar-refractivity contribution in [2.45, 2.75) is 26.6 Å². The van der Waals surface area contributed by atoms with E-state index in [0.717, 1.165) is 28.9 Å². The highest BCUT2D eigenvalue weighted by molar-refractivity contribution is 5.80. The number of hydrogen-bond donors (Lipinski definition) is 1. The van der Waals surface area contributed by atoms with Crippen molar-refractivity contribution >= 4 is 16.9 Å². The van der Waals surface area contributed by atoms with Crippen LogP contribution in [0.2, 0.25) is 0 Å². The molecule has 0 spiro atoms. The fourth-order valence-electron chi connectivity index (χ4n) is 3.22. The topological polar surface area (TPSA) is 68.5 Å². The lowest BCUT2D eigenvalue weighted by Gasteiger charge is -2.12. The molecule has 0 fully saturated rings. The van der Waals surface area contributed by atoms with E-state index < -0.39 is 0 Å². The van der Waals surface area contributed by atoms with Gasteiger partial charge in [0.25, 0.3) is 0 Å². The number of para-hydroxylation sites is 2. The van der Waals surface area contributed by atoms with Crippen LogP contribution in [0.4, 0.5) is 0 Å². The molecule has 3 rings (SSSR count). The number of nitrogens with one attached hydrogen (secondary N) is 1. The molecule has 1 aromatic heterocycles. The van der Waals surface area contributed by atoms with E-state index in [9.17, 15) is 9.59 Å². The van der Waals surface area contributed by atoms with Crippen molar-refractivity contribution in [2.75, 3.05) is 27.2 Å². The van der Waals surface area contributed by atoms with Crippen molar-refractivity contribution in [3.05, 3.63) is 64.6 Å². The minimum absolute atomic E-state index is 0.00856. The van der Waals surface area contributed by atoms with Gasteiger partial charge < -0.3 is 15.0 Å². The van der Waals surface area contributed by atoms with Gasteiger partial charge in [0.15, 0.2) is 0 Å². The van der Waals surface area contributed by atoms with Gasteiger partial charge in [-0.15, -0.1) is 0 Å². The molecule has 0 aliphatic rings. The number of amides is 1. The molecule has 1 heterocycles. The molecule has 3 aromatic rings. The molecule has 2 aromatic carbocycles. The summed E-state index contributed by atoms with van der Waals surface area (Å²) in [5.74, 6) is 0.575. The van der Waals surface area contributed by atoms with Gasteiger partial charge in [0.1, 0.15) is 18.9 Å². The van der Waals surface area contributed by atoms with Gasteiger partial charge in [-0.25, -0.2) is 4.79 Å². The third kappa shape index (κ3) is 5.06. The number of imidazole rings is 1. The summed E-state index contributed by atoms with van der Waals surface area (Å²) in [6.45, 7) is 4.30. The van der Waals surface area contributed by atoms with E-state index in [-0.39, 0.29) is 18.1 Å². The Balaban J connectivity index is 1.63. The Morgan fingerprint density at radius 1 is 1.07 bits per heavy atom. The lowest BCUT2D eigenvalue weighted by atomic mass is 10.2. The van der Waals surface area contributed by atoms with Gasteiger partial charge in [0.2, 0.25) is 5.91 Å². The van der Waals surface area contributed by atoms with Crippen LogP contribution in [0.25, 0.3) is 11.0 Å². The lowest BCUT2D eigenvalue weighted by Crippen LogP contribution is -2.32. The highest BCUT2D eigenvalue weighted by Crippen LogP contribution is 2.14. The van der Waals surface area contributed by atoms with Crippen molar-refractivity contribution in [1.29, 1.82) is 0 Å². The van der Waals surface area contributed by atoms with Crippen LogP contribution in [0.5, 0.6) is 5.75 Å². The second-order valence-corrected chi connectivity index (χ2v) is 7.18. The van der Waals surface area contributed by atoms with Crippen LogP contribution in [-0.2, 0) is 24.4 Å². The zero-order valence-electron chi connectivity index (χ0n) is 17.2. The van der Waals surface area contributed by atoms with Crippen LogP contribution in [0.15, 0.2) is 53.3 Å². The summed E-state index contributed by atoms with van der Waals surface area (Å²) in [7, 11) is 4.00. The molecule has 1 N–H and O–H groups in total. The highest BCUT2D eigenvalue weighted by atomic mass is 16.5. The number of nitrogens with zero attached hydrogens (tertiary/aromatic N) is 3. The van der Waals surface area contributed by atoms with Gasteiger partial charge in [0, 0.05) is 19.6 Å². The molecule has 0 bridgehead atoms. The van der Waals surface area contributed by atoms with Crippen molar-refractivity contribution < 1.29 is 9.53 Å². The fourth-order valence-corrected chi connectivity index (χ4v) is 3.22. The van der Waals surface area contributed by atoms with Crippen molar-refractivity contribution in [1.82, 2.24) is 19.4 Å². The highest BCUT2D eigenvalue weighted by Gasteiger charge is 2.14. The predicted molar refractivity (Wildman–Crippen MR) is 114 cm³/mol. The number of likely N-dealkylation sites (N-methyl/N-ethyl adjacent to an activating group) is 1. The van der Waals surface area contributed by atoms with E-state index in [1.54, 1.807) is 4.57 Å². The number of aromatic nitrogens is 2. The molecule has 1 amide bonds. The SMILES string of the molecule is CCn1c(=O)n(CC(=O)NCc2cccc(OCCN(C)C)c2)c2ccccc21. The van der Waals surface area contributed by atoms with Gasteiger partial charge in [-0.3, -0.25) is 13.9 Å². The maximum atomic E-state index is 12.6. The van der Waals surface area contributed by atoms with Crippen LogP contribution in [0.1, 0.15) is 12.5 Å². The zero-order valence-corrected chi connectivity index (χ0v) is 17.2. The first kappa shape index (κ1) is 20.7. The molecule has 0 aliphatic heterocycles. The number of rotatable bonds is 9. The van der Waals surface area contributed by atoms with Crippen LogP contribution in [0.3, 0.4) is 0 Å². The van der Waals surface area contributed by atoms with Crippen LogP contribution >= 0.6 is 0 Å². The third-order valence-electron chi connectivity index (χ3n) is 4.74. The third-order valence-corrected chi connectivity index (χ3v) is 4.74. The second-order valence-electron chi connectivity index (χ2n) is 7.18. The number of benzene rings is 2. The second kappa shape index (κ2) is 9.43. The first-order chi connectivity index (χ1) is 14.0. The number of carbonyl (C=O) groups is 1. The fraction of sp³-hybridized carbons (Fsp3) is 0.364.